The zero-order valence-electron chi connectivity index (χ0n) is 15.7. The molecule has 0 radical (unpaired) electrons. The fourth-order valence-electron chi connectivity index (χ4n) is 2.97. The Hall–Kier alpha value is -2.89. The molecule has 6 heteroatoms. The van der Waals surface area contributed by atoms with E-state index in [1.807, 2.05) is 20.8 Å². The fraction of sp³-hybridized carbons (Fsp3) is 0.333. The van der Waals surface area contributed by atoms with Crippen molar-refractivity contribution in [3.05, 3.63) is 53.8 Å². The number of hydrogen-bond acceptors (Lipinski definition) is 3. The first kappa shape index (κ1) is 18.9. The third-order valence-electron chi connectivity index (χ3n) is 4.47. The van der Waals surface area contributed by atoms with Crippen LogP contribution in [0.4, 0.5) is 15.8 Å². The Morgan fingerprint density at radius 1 is 1.22 bits per heavy atom. The zero-order valence-corrected chi connectivity index (χ0v) is 15.7. The number of halogens is 1. The van der Waals surface area contributed by atoms with Gasteiger partial charge in [-0.05, 0) is 62.7 Å². The minimum absolute atomic E-state index is 0.00916. The summed E-state index contributed by atoms with van der Waals surface area (Å²) >= 11 is 0. The van der Waals surface area contributed by atoms with Gasteiger partial charge in [0, 0.05) is 17.8 Å². The molecular weight excluding hydrogens is 347 g/mol. The highest BCUT2D eigenvalue weighted by Crippen LogP contribution is 2.38. The summed E-state index contributed by atoms with van der Waals surface area (Å²) in [6.07, 6.45) is 0.799. The molecule has 0 saturated carbocycles. The van der Waals surface area contributed by atoms with E-state index >= 15 is 0 Å². The lowest BCUT2D eigenvalue weighted by atomic mass is 9.93. The normalized spacial score (nSPS) is 15.6. The quantitative estimate of drug-likeness (QED) is 0.876. The highest BCUT2D eigenvalue weighted by atomic mass is 19.1. The molecule has 1 aliphatic heterocycles. The van der Waals surface area contributed by atoms with E-state index in [9.17, 15) is 14.0 Å². The van der Waals surface area contributed by atoms with Crippen LogP contribution in [0.1, 0.15) is 37.6 Å². The predicted octanol–water partition coefficient (Wildman–Crippen LogP) is 4.24. The highest BCUT2D eigenvalue weighted by Gasteiger charge is 2.37. The molecule has 0 unspecified atom stereocenters. The molecule has 3 rings (SSSR count). The van der Waals surface area contributed by atoms with Gasteiger partial charge in [0.25, 0.3) is 5.91 Å². The second-order valence-corrected chi connectivity index (χ2v) is 7.27. The Balaban J connectivity index is 1.90. The van der Waals surface area contributed by atoms with Crippen molar-refractivity contribution in [3.63, 3.8) is 0 Å². The Kier molecular flexibility index (Phi) is 5.17. The summed E-state index contributed by atoms with van der Waals surface area (Å²) < 4.78 is 18.9. The van der Waals surface area contributed by atoms with Gasteiger partial charge in [-0.15, -0.1) is 0 Å². The molecule has 2 aromatic rings. The van der Waals surface area contributed by atoms with E-state index in [1.54, 1.807) is 23.1 Å². The molecule has 0 spiro atoms. The van der Waals surface area contributed by atoms with Crippen LogP contribution in [0.5, 0.6) is 5.75 Å². The summed E-state index contributed by atoms with van der Waals surface area (Å²) in [5.41, 5.74) is 0.904. The molecule has 0 atom stereocenters. The lowest BCUT2D eigenvalue weighted by Gasteiger charge is -2.27. The lowest BCUT2D eigenvalue weighted by Crippen LogP contribution is -2.42. The Morgan fingerprint density at radius 2 is 1.93 bits per heavy atom. The van der Waals surface area contributed by atoms with Gasteiger partial charge in [-0.3, -0.25) is 9.59 Å². The van der Waals surface area contributed by atoms with Crippen LogP contribution in [0, 0.1) is 11.2 Å². The molecule has 2 amide bonds. The SMILES string of the molecule is CCCN1C(=O)C(C)(C)COc2ccc(NC(=O)c3ccc(F)cc3)cc21. The molecule has 0 fully saturated rings. The van der Waals surface area contributed by atoms with Gasteiger partial charge >= 0.3 is 0 Å². The molecule has 1 N–H and O–H groups in total. The van der Waals surface area contributed by atoms with Crippen LogP contribution < -0.4 is 15.0 Å². The second kappa shape index (κ2) is 7.39. The number of carbonyl (C=O) groups excluding carboxylic acids is 2. The largest absolute Gasteiger partial charge is 0.490 e. The van der Waals surface area contributed by atoms with E-state index in [1.165, 1.54) is 24.3 Å². The van der Waals surface area contributed by atoms with Gasteiger partial charge in [-0.1, -0.05) is 6.92 Å². The van der Waals surface area contributed by atoms with Crippen LogP contribution in [-0.2, 0) is 4.79 Å². The van der Waals surface area contributed by atoms with Gasteiger partial charge < -0.3 is 15.0 Å². The Morgan fingerprint density at radius 3 is 2.59 bits per heavy atom. The first-order valence-corrected chi connectivity index (χ1v) is 8.97. The summed E-state index contributed by atoms with van der Waals surface area (Å²) in [4.78, 5) is 27.0. The summed E-state index contributed by atoms with van der Waals surface area (Å²) in [7, 11) is 0. The molecule has 0 bridgehead atoms. The average molecular weight is 370 g/mol. The van der Waals surface area contributed by atoms with Crippen LogP contribution >= 0.6 is 0 Å². The van der Waals surface area contributed by atoms with Crippen molar-refractivity contribution in [1.29, 1.82) is 0 Å². The van der Waals surface area contributed by atoms with Crippen LogP contribution in [-0.4, -0.2) is 25.0 Å². The van der Waals surface area contributed by atoms with Gasteiger partial charge in [0.05, 0.1) is 11.1 Å². The summed E-state index contributed by atoms with van der Waals surface area (Å²) in [6.45, 7) is 6.59. The second-order valence-electron chi connectivity index (χ2n) is 7.27. The number of benzene rings is 2. The molecule has 1 heterocycles. The maximum atomic E-state index is 13.0. The van der Waals surface area contributed by atoms with E-state index in [2.05, 4.69) is 5.32 Å². The van der Waals surface area contributed by atoms with E-state index in [0.717, 1.165) is 6.42 Å². The predicted molar refractivity (Wildman–Crippen MR) is 103 cm³/mol. The number of hydrogen-bond donors (Lipinski definition) is 1. The monoisotopic (exact) mass is 370 g/mol. The molecule has 27 heavy (non-hydrogen) atoms. The highest BCUT2D eigenvalue weighted by molar-refractivity contribution is 6.05. The third-order valence-corrected chi connectivity index (χ3v) is 4.47. The number of nitrogens with zero attached hydrogens (tertiary/aromatic N) is 1. The van der Waals surface area contributed by atoms with Crippen LogP contribution in [0.25, 0.3) is 0 Å². The molecule has 5 nitrogen and oxygen atoms in total. The summed E-state index contributed by atoms with van der Waals surface area (Å²) in [6, 6.07) is 10.6. The van der Waals surface area contributed by atoms with E-state index in [0.29, 0.717) is 35.8 Å². The molecule has 0 aliphatic carbocycles. The van der Waals surface area contributed by atoms with Crippen molar-refractivity contribution in [2.75, 3.05) is 23.4 Å². The van der Waals surface area contributed by atoms with Crippen molar-refractivity contribution in [2.24, 2.45) is 5.41 Å². The number of fused-ring (bicyclic) bond motifs is 1. The molecule has 142 valence electrons. The van der Waals surface area contributed by atoms with E-state index in [-0.39, 0.29) is 11.8 Å². The molecule has 2 aromatic carbocycles. The standard InChI is InChI=1S/C21H23FN2O3/c1-4-11-24-17-12-16(23-19(25)14-5-7-15(22)8-6-14)9-10-18(17)27-13-21(2,3)20(24)26/h5-10,12H,4,11,13H2,1-3H3,(H,23,25). The van der Waals surface area contributed by atoms with Crippen molar-refractivity contribution >= 4 is 23.2 Å². The first-order chi connectivity index (χ1) is 12.8. The van der Waals surface area contributed by atoms with Crippen molar-refractivity contribution in [2.45, 2.75) is 27.2 Å². The zero-order chi connectivity index (χ0) is 19.6. The maximum absolute atomic E-state index is 13.0. The van der Waals surface area contributed by atoms with Gasteiger partial charge in [-0.2, -0.15) is 0 Å². The summed E-state index contributed by atoms with van der Waals surface area (Å²) in [5, 5.41) is 2.79. The maximum Gasteiger partial charge on any atom is 0.255 e. The molecular formula is C21H23FN2O3. The van der Waals surface area contributed by atoms with E-state index < -0.39 is 11.2 Å². The minimum Gasteiger partial charge on any atom is -0.490 e. The average Bonchev–Trinajstić information content (AvgIpc) is 2.73. The lowest BCUT2D eigenvalue weighted by molar-refractivity contribution is -0.127. The van der Waals surface area contributed by atoms with Gasteiger partial charge in [0.1, 0.15) is 18.2 Å². The number of anilines is 2. The third kappa shape index (κ3) is 3.94. The Labute approximate surface area is 158 Å². The number of nitrogens with one attached hydrogen (secondary N) is 1. The smallest absolute Gasteiger partial charge is 0.255 e. The minimum atomic E-state index is -0.633. The van der Waals surface area contributed by atoms with Crippen LogP contribution in [0.3, 0.4) is 0 Å². The van der Waals surface area contributed by atoms with Crippen molar-refractivity contribution in [3.8, 4) is 5.75 Å². The summed E-state index contributed by atoms with van der Waals surface area (Å²) in [5.74, 6) is -0.143. The molecule has 0 aromatic heterocycles. The van der Waals surface area contributed by atoms with E-state index in [4.69, 9.17) is 4.74 Å². The molecule has 0 saturated heterocycles. The van der Waals surface area contributed by atoms with Gasteiger partial charge in [0.2, 0.25) is 5.91 Å². The van der Waals surface area contributed by atoms with Crippen molar-refractivity contribution in [1.82, 2.24) is 0 Å². The number of amides is 2. The molecule has 1 aliphatic rings. The number of carbonyl (C=O) groups is 2. The van der Waals surface area contributed by atoms with Crippen LogP contribution in [0.2, 0.25) is 0 Å². The first-order valence-electron chi connectivity index (χ1n) is 8.97. The van der Waals surface area contributed by atoms with Crippen LogP contribution in [0.15, 0.2) is 42.5 Å². The fourth-order valence-corrected chi connectivity index (χ4v) is 2.97. The van der Waals surface area contributed by atoms with Gasteiger partial charge in [-0.25, -0.2) is 4.39 Å². The number of rotatable bonds is 4. The Bertz CT molecular complexity index is 862. The van der Waals surface area contributed by atoms with Crippen molar-refractivity contribution < 1.29 is 18.7 Å². The van der Waals surface area contributed by atoms with Gasteiger partial charge in [0.15, 0.2) is 0 Å². The number of ether oxygens (including phenoxy) is 1. The topological polar surface area (TPSA) is 58.6 Å².